The van der Waals surface area contributed by atoms with Crippen molar-refractivity contribution in [3.05, 3.63) is 74.2 Å². The molecule has 0 fully saturated rings. The summed E-state index contributed by atoms with van der Waals surface area (Å²) in [6.45, 7) is 2.19. The maximum Gasteiger partial charge on any atom is 0.287 e. The second kappa shape index (κ2) is 7.95. The highest BCUT2D eigenvalue weighted by molar-refractivity contribution is 6.35. The minimum atomic E-state index is -0.347. The zero-order valence-electron chi connectivity index (χ0n) is 13.6. The fourth-order valence-corrected chi connectivity index (χ4v) is 3.07. The number of hydrazone groups is 1. The van der Waals surface area contributed by atoms with Crippen LogP contribution in [0.3, 0.4) is 0 Å². The van der Waals surface area contributed by atoms with Crippen LogP contribution in [0.15, 0.2) is 41.6 Å². The van der Waals surface area contributed by atoms with E-state index in [4.69, 9.17) is 34.8 Å². The standard InChI is InChI=1S/C17H14Cl3N5O/c1-10-13(8-22-23-17(26)15-3-2-6-21-15)16(20)25(24-10)9-11-4-5-12(18)7-14(11)19/h2-8,21H,9H2,1H3,(H,23,26)/b22-8-. The Morgan fingerprint density at radius 3 is 2.85 bits per heavy atom. The molecule has 3 aromatic rings. The molecule has 0 atom stereocenters. The normalized spacial score (nSPS) is 11.2. The molecule has 0 aliphatic carbocycles. The zero-order chi connectivity index (χ0) is 18.7. The molecule has 0 bridgehead atoms. The first kappa shape index (κ1) is 18.5. The van der Waals surface area contributed by atoms with Gasteiger partial charge in [-0.3, -0.25) is 4.79 Å². The number of H-pyrrole nitrogens is 1. The number of carbonyl (C=O) groups excluding carboxylic acids is 1. The van der Waals surface area contributed by atoms with Crippen LogP contribution in [0.1, 0.15) is 27.3 Å². The van der Waals surface area contributed by atoms with Crippen molar-refractivity contribution < 1.29 is 4.79 Å². The van der Waals surface area contributed by atoms with Gasteiger partial charge in [0.1, 0.15) is 10.8 Å². The topological polar surface area (TPSA) is 75.1 Å². The van der Waals surface area contributed by atoms with Gasteiger partial charge in [0.05, 0.1) is 24.0 Å². The van der Waals surface area contributed by atoms with E-state index in [1.54, 1.807) is 42.1 Å². The highest BCUT2D eigenvalue weighted by atomic mass is 35.5. The molecule has 2 heterocycles. The number of hydrogen-bond acceptors (Lipinski definition) is 3. The van der Waals surface area contributed by atoms with E-state index in [9.17, 15) is 4.79 Å². The summed E-state index contributed by atoms with van der Waals surface area (Å²) in [5.74, 6) is -0.347. The molecule has 2 aromatic heterocycles. The Balaban J connectivity index is 1.75. The van der Waals surface area contributed by atoms with E-state index >= 15 is 0 Å². The zero-order valence-corrected chi connectivity index (χ0v) is 15.9. The lowest BCUT2D eigenvalue weighted by atomic mass is 10.2. The van der Waals surface area contributed by atoms with Crippen molar-refractivity contribution >= 4 is 46.9 Å². The number of aromatic amines is 1. The van der Waals surface area contributed by atoms with Gasteiger partial charge in [-0.05, 0) is 36.8 Å². The molecule has 0 aliphatic heterocycles. The van der Waals surface area contributed by atoms with Crippen LogP contribution in [0.2, 0.25) is 15.2 Å². The highest BCUT2D eigenvalue weighted by Crippen LogP contribution is 2.24. The average Bonchev–Trinajstić information content (AvgIpc) is 3.21. The molecular weight excluding hydrogens is 397 g/mol. The summed E-state index contributed by atoms with van der Waals surface area (Å²) in [5.41, 5.74) is 4.98. The molecule has 1 amide bonds. The Bertz CT molecular complexity index is 963. The number of hydrogen-bond donors (Lipinski definition) is 2. The number of aromatic nitrogens is 3. The summed E-state index contributed by atoms with van der Waals surface area (Å²) in [7, 11) is 0. The van der Waals surface area contributed by atoms with Crippen molar-refractivity contribution in [1.82, 2.24) is 20.2 Å². The first-order chi connectivity index (χ1) is 12.5. The monoisotopic (exact) mass is 409 g/mol. The molecule has 1 aromatic carbocycles. The first-order valence-corrected chi connectivity index (χ1v) is 8.72. The lowest BCUT2D eigenvalue weighted by molar-refractivity contribution is 0.0951. The van der Waals surface area contributed by atoms with E-state index in [-0.39, 0.29) is 5.91 Å². The van der Waals surface area contributed by atoms with Crippen LogP contribution in [0.5, 0.6) is 0 Å². The van der Waals surface area contributed by atoms with E-state index in [1.807, 2.05) is 6.07 Å². The second-order valence-corrected chi connectivity index (χ2v) is 6.67. The van der Waals surface area contributed by atoms with Gasteiger partial charge in [-0.25, -0.2) is 10.1 Å². The summed E-state index contributed by atoms with van der Waals surface area (Å²) >= 11 is 18.5. The van der Waals surface area contributed by atoms with Crippen molar-refractivity contribution in [3.63, 3.8) is 0 Å². The van der Waals surface area contributed by atoms with Crippen LogP contribution >= 0.6 is 34.8 Å². The molecule has 0 saturated heterocycles. The SMILES string of the molecule is Cc1nn(Cc2ccc(Cl)cc2Cl)c(Cl)c1/C=N\NC(=O)c1ccc[nH]1. The van der Waals surface area contributed by atoms with Crippen molar-refractivity contribution in [1.29, 1.82) is 0 Å². The van der Waals surface area contributed by atoms with Gasteiger partial charge in [0.15, 0.2) is 0 Å². The van der Waals surface area contributed by atoms with E-state index in [1.165, 1.54) is 6.21 Å². The summed E-state index contributed by atoms with van der Waals surface area (Å²) in [5, 5.41) is 9.84. The minimum Gasteiger partial charge on any atom is -0.357 e. The van der Waals surface area contributed by atoms with Gasteiger partial charge in [-0.1, -0.05) is 40.9 Å². The summed E-state index contributed by atoms with van der Waals surface area (Å²) in [6, 6.07) is 8.62. The third kappa shape index (κ3) is 4.09. The Kier molecular flexibility index (Phi) is 5.66. The third-order valence-corrected chi connectivity index (χ3v) is 4.63. The predicted octanol–water partition coefficient (Wildman–Crippen LogP) is 4.29. The van der Waals surface area contributed by atoms with Crippen LogP contribution in [-0.2, 0) is 6.54 Å². The van der Waals surface area contributed by atoms with Gasteiger partial charge in [0.25, 0.3) is 5.91 Å². The van der Waals surface area contributed by atoms with Gasteiger partial charge in [-0.15, -0.1) is 0 Å². The van der Waals surface area contributed by atoms with Crippen LogP contribution in [0, 0.1) is 6.92 Å². The number of rotatable bonds is 5. The van der Waals surface area contributed by atoms with E-state index < -0.39 is 0 Å². The molecule has 134 valence electrons. The van der Waals surface area contributed by atoms with Crippen molar-refractivity contribution in [2.75, 3.05) is 0 Å². The van der Waals surface area contributed by atoms with E-state index in [0.29, 0.717) is 38.7 Å². The van der Waals surface area contributed by atoms with Gasteiger partial charge in [-0.2, -0.15) is 10.2 Å². The van der Waals surface area contributed by atoms with Crippen molar-refractivity contribution in [3.8, 4) is 0 Å². The number of nitrogens with one attached hydrogen (secondary N) is 2. The van der Waals surface area contributed by atoms with Gasteiger partial charge >= 0.3 is 0 Å². The highest BCUT2D eigenvalue weighted by Gasteiger charge is 2.13. The Hall–Kier alpha value is -2.28. The van der Waals surface area contributed by atoms with E-state index in [2.05, 4.69) is 20.6 Å². The largest absolute Gasteiger partial charge is 0.357 e. The molecular formula is C17H14Cl3N5O. The third-order valence-electron chi connectivity index (χ3n) is 3.65. The number of nitrogens with zero attached hydrogens (tertiary/aromatic N) is 3. The first-order valence-electron chi connectivity index (χ1n) is 7.59. The quantitative estimate of drug-likeness (QED) is 0.486. The minimum absolute atomic E-state index is 0.347. The average molecular weight is 411 g/mol. The predicted molar refractivity (Wildman–Crippen MR) is 103 cm³/mol. The van der Waals surface area contributed by atoms with Crippen molar-refractivity contribution in [2.45, 2.75) is 13.5 Å². The molecule has 2 N–H and O–H groups in total. The van der Waals surface area contributed by atoms with Gasteiger partial charge in [0.2, 0.25) is 0 Å². The second-order valence-electron chi connectivity index (χ2n) is 5.47. The van der Waals surface area contributed by atoms with Crippen LogP contribution in [0.4, 0.5) is 0 Å². The Morgan fingerprint density at radius 2 is 2.15 bits per heavy atom. The lowest BCUT2D eigenvalue weighted by Gasteiger charge is -2.06. The number of carbonyl (C=O) groups is 1. The Labute approximate surface area is 164 Å². The summed E-state index contributed by atoms with van der Waals surface area (Å²) < 4.78 is 1.61. The number of aryl methyl sites for hydroxylation is 1. The van der Waals surface area contributed by atoms with E-state index in [0.717, 1.165) is 5.56 Å². The molecule has 0 saturated carbocycles. The number of halogens is 3. The maximum absolute atomic E-state index is 11.8. The molecule has 6 nitrogen and oxygen atoms in total. The van der Waals surface area contributed by atoms with Crippen LogP contribution < -0.4 is 5.43 Å². The fourth-order valence-electron chi connectivity index (χ4n) is 2.32. The van der Waals surface area contributed by atoms with Crippen molar-refractivity contribution in [2.24, 2.45) is 5.10 Å². The smallest absolute Gasteiger partial charge is 0.287 e. The molecule has 9 heteroatoms. The maximum atomic E-state index is 11.8. The molecule has 0 radical (unpaired) electrons. The number of benzene rings is 1. The Morgan fingerprint density at radius 1 is 1.35 bits per heavy atom. The van der Waals surface area contributed by atoms with Crippen LogP contribution in [0.25, 0.3) is 0 Å². The molecule has 0 unspecified atom stereocenters. The molecule has 26 heavy (non-hydrogen) atoms. The molecule has 3 rings (SSSR count). The molecule has 0 spiro atoms. The van der Waals surface area contributed by atoms with Gasteiger partial charge in [0, 0.05) is 16.2 Å². The summed E-state index contributed by atoms with van der Waals surface area (Å²) in [4.78, 5) is 14.6. The lowest BCUT2D eigenvalue weighted by Crippen LogP contribution is -2.17. The summed E-state index contributed by atoms with van der Waals surface area (Å²) in [6.07, 6.45) is 3.12. The van der Waals surface area contributed by atoms with Crippen LogP contribution in [-0.4, -0.2) is 26.9 Å². The molecule has 0 aliphatic rings. The van der Waals surface area contributed by atoms with Gasteiger partial charge < -0.3 is 4.98 Å². The fraction of sp³-hybridized carbons (Fsp3) is 0.118. The number of amides is 1.